The molecule has 21 heavy (non-hydrogen) atoms. The number of aromatic nitrogens is 2. The van der Waals surface area contributed by atoms with Crippen molar-refractivity contribution in [2.45, 2.75) is 6.18 Å². The SMILES string of the molecule is COC(=O)c1cncc(Oc2ccc(C(F)(F)F)cc2)n1. The van der Waals surface area contributed by atoms with Gasteiger partial charge in [-0.25, -0.2) is 9.78 Å². The number of hydrogen-bond acceptors (Lipinski definition) is 5. The van der Waals surface area contributed by atoms with Gasteiger partial charge < -0.3 is 9.47 Å². The molecule has 0 N–H and O–H groups in total. The highest BCUT2D eigenvalue weighted by Gasteiger charge is 2.30. The predicted molar refractivity (Wildman–Crippen MR) is 64.9 cm³/mol. The highest BCUT2D eigenvalue weighted by atomic mass is 19.4. The lowest BCUT2D eigenvalue weighted by Crippen LogP contribution is -2.06. The molecule has 1 aromatic carbocycles. The normalized spacial score (nSPS) is 11.0. The first-order chi connectivity index (χ1) is 9.90. The molecule has 0 unspecified atom stereocenters. The minimum absolute atomic E-state index is 0.0299. The van der Waals surface area contributed by atoms with Crippen LogP contribution in [0.3, 0.4) is 0 Å². The number of halogens is 3. The van der Waals surface area contributed by atoms with Gasteiger partial charge in [-0.3, -0.25) is 4.98 Å². The molecule has 2 rings (SSSR count). The molecule has 0 amide bonds. The van der Waals surface area contributed by atoms with Gasteiger partial charge in [-0.1, -0.05) is 0 Å². The Bertz CT molecular complexity index is 642. The first-order valence-corrected chi connectivity index (χ1v) is 5.65. The summed E-state index contributed by atoms with van der Waals surface area (Å²) >= 11 is 0. The summed E-state index contributed by atoms with van der Waals surface area (Å²) in [6, 6.07) is 4.06. The van der Waals surface area contributed by atoms with Crippen LogP contribution < -0.4 is 4.74 Å². The van der Waals surface area contributed by atoms with Crippen LogP contribution in [0.15, 0.2) is 36.7 Å². The second-order valence-electron chi connectivity index (χ2n) is 3.86. The quantitative estimate of drug-likeness (QED) is 0.815. The van der Waals surface area contributed by atoms with Gasteiger partial charge in [0.2, 0.25) is 5.88 Å². The Morgan fingerprint density at radius 3 is 2.38 bits per heavy atom. The lowest BCUT2D eigenvalue weighted by atomic mass is 10.2. The number of carbonyl (C=O) groups excluding carboxylic acids is 1. The molecule has 0 aliphatic carbocycles. The van der Waals surface area contributed by atoms with Crippen LogP contribution in [0.2, 0.25) is 0 Å². The molecule has 0 radical (unpaired) electrons. The zero-order chi connectivity index (χ0) is 15.5. The Hall–Kier alpha value is -2.64. The molecule has 0 saturated heterocycles. The number of esters is 1. The van der Waals surface area contributed by atoms with Gasteiger partial charge in [-0.15, -0.1) is 0 Å². The van der Waals surface area contributed by atoms with Gasteiger partial charge in [0.05, 0.1) is 25.1 Å². The largest absolute Gasteiger partial charge is 0.464 e. The van der Waals surface area contributed by atoms with Crippen LogP contribution in [-0.2, 0) is 10.9 Å². The Morgan fingerprint density at radius 1 is 1.14 bits per heavy atom. The molecular formula is C13H9F3N2O3. The molecule has 1 aromatic heterocycles. The van der Waals surface area contributed by atoms with Gasteiger partial charge >= 0.3 is 12.1 Å². The first-order valence-electron chi connectivity index (χ1n) is 5.65. The lowest BCUT2D eigenvalue weighted by Gasteiger charge is -2.08. The van der Waals surface area contributed by atoms with Crippen LogP contribution in [0.1, 0.15) is 16.1 Å². The van der Waals surface area contributed by atoms with Crippen LogP contribution in [0, 0.1) is 0 Å². The van der Waals surface area contributed by atoms with Gasteiger partial charge in [-0.2, -0.15) is 13.2 Å². The predicted octanol–water partition coefficient (Wildman–Crippen LogP) is 3.07. The summed E-state index contributed by atoms with van der Waals surface area (Å²) in [5.41, 5.74) is -0.855. The van der Waals surface area contributed by atoms with Crippen molar-refractivity contribution in [1.82, 2.24) is 9.97 Å². The summed E-state index contributed by atoms with van der Waals surface area (Å²) in [6.45, 7) is 0. The van der Waals surface area contributed by atoms with Crippen molar-refractivity contribution in [3.05, 3.63) is 47.9 Å². The van der Waals surface area contributed by atoms with E-state index in [1.54, 1.807) is 0 Å². The van der Waals surface area contributed by atoms with Crippen LogP contribution in [0.5, 0.6) is 11.6 Å². The number of carbonyl (C=O) groups is 1. The van der Waals surface area contributed by atoms with Gasteiger partial charge in [0.15, 0.2) is 5.69 Å². The summed E-state index contributed by atoms with van der Waals surface area (Å²) in [4.78, 5) is 18.8. The highest BCUT2D eigenvalue weighted by Crippen LogP contribution is 2.31. The maximum absolute atomic E-state index is 12.4. The molecule has 0 bridgehead atoms. The van der Waals surface area contributed by atoms with E-state index in [1.807, 2.05) is 0 Å². The third kappa shape index (κ3) is 3.68. The van der Waals surface area contributed by atoms with E-state index >= 15 is 0 Å². The summed E-state index contributed by atoms with van der Waals surface area (Å²) in [6.07, 6.45) is -2.00. The van der Waals surface area contributed by atoms with E-state index in [0.717, 1.165) is 24.3 Å². The van der Waals surface area contributed by atoms with Crippen molar-refractivity contribution in [3.63, 3.8) is 0 Å². The smallest absolute Gasteiger partial charge is 0.416 e. The van der Waals surface area contributed by atoms with Crippen LogP contribution in [-0.4, -0.2) is 23.0 Å². The molecule has 0 saturated carbocycles. The standard InChI is InChI=1S/C13H9F3N2O3/c1-20-12(19)10-6-17-7-11(18-10)21-9-4-2-8(3-5-9)13(14,15)16/h2-7H,1H3. The van der Waals surface area contributed by atoms with Gasteiger partial charge in [0, 0.05) is 0 Å². The maximum Gasteiger partial charge on any atom is 0.416 e. The minimum Gasteiger partial charge on any atom is -0.464 e. The van der Waals surface area contributed by atoms with Crippen molar-refractivity contribution in [1.29, 1.82) is 0 Å². The molecule has 8 heteroatoms. The number of benzene rings is 1. The fraction of sp³-hybridized carbons (Fsp3) is 0.154. The van der Waals surface area contributed by atoms with Crippen LogP contribution in [0.4, 0.5) is 13.2 Å². The van der Waals surface area contributed by atoms with Crippen molar-refractivity contribution < 1.29 is 27.4 Å². The monoisotopic (exact) mass is 298 g/mol. The molecule has 0 aliphatic heterocycles. The third-order valence-electron chi connectivity index (χ3n) is 2.41. The van der Waals surface area contributed by atoms with E-state index in [0.29, 0.717) is 0 Å². The summed E-state index contributed by atoms with van der Waals surface area (Å²) < 4.78 is 46.9. The zero-order valence-electron chi connectivity index (χ0n) is 10.7. The summed E-state index contributed by atoms with van der Waals surface area (Å²) in [7, 11) is 1.19. The number of methoxy groups -OCH3 is 1. The Morgan fingerprint density at radius 2 is 1.81 bits per heavy atom. The van der Waals surface area contributed by atoms with Crippen molar-refractivity contribution >= 4 is 5.97 Å². The summed E-state index contributed by atoms with van der Waals surface area (Å²) in [5.74, 6) is -0.586. The molecule has 1 heterocycles. The van der Waals surface area contributed by atoms with E-state index in [4.69, 9.17) is 4.74 Å². The number of hydrogen-bond donors (Lipinski definition) is 0. The Labute approximate surface area is 117 Å². The average Bonchev–Trinajstić information content (AvgIpc) is 2.46. The maximum atomic E-state index is 12.4. The second-order valence-corrected chi connectivity index (χ2v) is 3.86. The Balaban J connectivity index is 2.17. The molecule has 110 valence electrons. The zero-order valence-corrected chi connectivity index (χ0v) is 10.7. The fourth-order valence-electron chi connectivity index (χ4n) is 1.43. The van der Waals surface area contributed by atoms with Crippen molar-refractivity contribution in [3.8, 4) is 11.6 Å². The van der Waals surface area contributed by atoms with Crippen LogP contribution in [0.25, 0.3) is 0 Å². The van der Waals surface area contributed by atoms with E-state index in [2.05, 4.69) is 14.7 Å². The average molecular weight is 298 g/mol. The number of ether oxygens (including phenoxy) is 2. The number of nitrogens with zero attached hydrogens (tertiary/aromatic N) is 2. The minimum atomic E-state index is -4.41. The van der Waals surface area contributed by atoms with Gasteiger partial charge in [0.25, 0.3) is 0 Å². The molecule has 0 spiro atoms. The van der Waals surface area contributed by atoms with E-state index in [1.165, 1.54) is 19.5 Å². The molecule has 0 aliphatic rings. The molecule has 2 aromatic rings. The van der Waals surface area contributed by atoms with E-state index in [-0.39, 0.29) is 17.3 Å². The highest BCUT2D eigenvalue weighted by molar-refractivity contribution is 5.86. The molecule has 0 fully saturated rings. The number of rotatable bonds is 3. The third-order valence-corrected chi connectivity index (χ3v) is 2.41. The molecule has 5 nitrogen and oxygen atoms in total. The van der Waals surface area contributed by atoms with Gasteiger partial charge in [0.1, 0.15) is 5.75 Å². The second kappa shape index (κ2) is 5.78. The number of alkyl halides is 3. The lowest BCUT2D eigenvalue weighted by molar-refractivity contribution is -0.137. The molecule has 0 atom stereocenters. The summed E-state index contributed by atoms with van der Waals surface area (Å²) in [5, 5.41) is 0. The van der Waals surface area contributed by atoms with Crippen molar-refractivity contribution in [2.75, 3.05) is 7.11 Å². The molecular weight excluding hydrogens is 289 g/mol. The fourth-order valence-corrected chi connectivity index (χ4v) is 1.43. The Kier molecular flexibility index (Phi) is 4.06. The van der Waals surface area contributed by atoms with E-state index in [9.17, 15) is 18.0 Å². The van der Waals surface area contributed by atoms with Crippen LogP contribution >= 0.6 is 0 Å². The van der Waals surface area contributed by atoms with Gasteiger partial charge in [-0.05, 0) is 24.3 Å². The topological polar surface area (TPSA) is 61.3 Å². The van der Waals surface area contributed by atoms with Crippen molar-refractivity contribution in [2.24, 2.45) is 0 Å². The first kappa shape index (κ1) is 14.8. The van der Waals surface area contributed by atoms with E-state index < -0.39 is 17.7 Å².